The molecule has 1 saturated heterocycles. The fourth-order valence-corrected chi connectivity index (χ4v) is 3.80. The van der Waals surface area contributed by atoms with Crippen molar-refractivity contribution >= 4 is 17.5 Å². The van der Waals surface area contributed by atoms with Crippen molar-refractivity contribution in [1.82, 2.24) is 15.1 Å². The number of ether oxygens (including phenoxy) is 1. The fourth-order valence-electron chi connectivity index (χ4n) is 3.80. The monoisotopic (exact) mass is 431 g/mol. The Hall–Kier alpha value is -3.61. The number of aryl methyl sites for hydroxylation is 3. The zero-order chi connectivity index (χ0) is 22.7. The Kier molecular flexibility index (Phi) is 6.25. The topological polar surface area (TPSA) is 70.6 Å². The van der Waals surface area contributed by atoms with E-state index in [1.807, 2.05) is 42.2 Å². The molecule has 32 heavy (non-hydrogen) atoms. The van der Waals surface area contributed by atoms with E-state index >= 15 is 0 Å². The van der Waals surface area contributed by atoms with Crippen LogP contribution in [-0.2, 0) is 0 Å². The molecule has 1 N–H and O–H groups in total. The third-order valence-electron chi connectivity index (χ3n) is 5.94. The summed E-state index contributed by atoms with van der Waals surface area (Å²) in [6, 6.07) is 16.0. The van der Waals surface area contributed by atoms with Crippen LogP contribution in [0.4, 0.5) is 16.3 Å². The number of urea groups is 1. The number of hydrogen-bond acceptors (Lipinski definition) is 5. The first-order chi connectivity index (χ1) is 15.4. The summed E-state index contributed by atoms with van der Waals surface area (Å²) in [7, 11) is 1.60. The molecule has 0 spiro atoms. The molecule has 0 saturated carbocycles. The number of piperazine rings is 1. The number of aromatic nitrogens is 2. The predicted octanol–water partition coefficient (Wildman–Crippen LogP) is 4.43. The van der Waals surface area contributed by atoms with Gasteiger partial charge in [-0.1, -0.05) is 18.2 Å². The minimum atomic E-state index is -0.121. The van der Waals surface area contributed by atoms with E-state index in [-0.39, 0.29) is 6.03 Å². The minimum absolute atomic E-state index is 0.121. The Labute approximate surface area is 189 Å². The van der Waals surface area contributed by atoms with E-state index in [9.17, 15) is 4.79 Å². The molecular weight excluding hydrogens is 402 g/mol. The highest BCUT2D eigenvalue weighted by molar-refractivity contribution is 5.91. The third-order valence-corrected chi connectivity index (χ3v) is 5.94. The molecule has 2 aromatic carbocycles. The van der Waals surface area contributed by atoms with Crippen LogP contribution < -0.4 is 15.0 Å². The van der Waals surface area contributed by atoms with Gasteiger partial charge in [0, 0.05) is 31.7 Å². The van der Waals surface area contributed by atoms with E-state index in [4.69, 9.17) is 4.74 Å². The van der Waals surface area contributed by atoms with Crippen LogP contribution in [0.1, 0.15) is 16.7 Å². The Morgan fingerprint density at radius 1 is 0.906 bits per heavy atom. The third kappa shape index (κ3) is 4.66. The molecule has 1 aliphatic rings. The second-order valence-electron chi connectivity index (χ2n) is 8.18. The lowest BCUT2D eigenvalue weighted by molar-refractivity contribution is 0.208. The van der Waals surface area contributed by atoms with Gasteiger partial charge in [0.2, 0.25) is 0 Å². The van der Waals surface area contributed by atoms with Crippen LogP contribution in [0, 0.1) is 20.8 Å². The second kappa shape index (κ2) is 9.26. The number of carbonyl (C=O) groups excluding carboxylic acids is 1. The number of nitrogens with zero attached hydrogens (tertiary/aromatic N) is 4. The van der Waals surface area contributed by atoms with Crippen LogP contribution in [0.5, 0.6) is 5.75 Å². The van der Waals surface area contributed by atoms with Crippen LogP contribution in [-0.4, -0.2) is 54.4 Å². The summed E-state index contributed by atoms with van der Waals surface area (Å²) >= 11 is 0. The van der Waals surface area contributed by atoms with Gasteiger partial charge in [0.1, 0.15) is 5.75 Å². The molecule has 2 heterocycles. The first kappa shape index (κ1) is 21.6. The molecule has 7 heteroatoms. The summed E-state index contributed by atoms with van der Waals surface area (Å²) in [5, 5.41) is 11.9. The SMILES string of the molecule is COc1ccc(C)cc1NC(=O)N1CCN(c2ccc(-c3ccc(C)c(C)c3)nn2)CC1. The summed E-state index contributed by atoms with van der Waals surface area (Å²) in [4.78, 5) is 16.7. The maximum Gasteiger partial charge on any atom is 0.322 e. The maximum absolute atomic E-state index is 12.8. The number of rotatable bonds is 4. The molecule has 1 fully saturated rings. The molecule has 3 aromatic rings. The highest BCUT2D eigenvalue weighted by Gasteiger charge is 2.23. The van der Waals surface area contributed by atoms with Gasteiger partial charge in [-0.3, -0.25) is 0 Å². The Morgan fingerprint density at radius 3 is 2.34 bits per heavy atom. The van der Waals surface area contributed by atoms with Gasteiger partial charge in [0.05, 0.1) is 18.5 Å². The van der Waals surface area contributed by atoms with Gasteiger partial charge in [0.25, 0.3) is 0 Å². The smallest absolute Gasteiger partial charge is 0.322 e. The maximum atomic E-state index is 12.8. The van der Waals surface area contributed by atoms with Crippen LogP contribution in [0.25, 0.3) is 11.3 Å². The summed E-state index contributed by atoms with van der Waals surface area (Å²) in [6.45, 7) is 8.82. The van der Waals surface area contributed by atoms with Crippen molar-refractivity contribution < 1.29 is 9.53 Å². The predicted molar refractivity (Wildman–Crippen MR) is 127 cm³/mol. The number of benzene rings is 2. The molecule has 166 valence electrons. The van der Waals surface area contributed by atoms with E-state index in [1.165, 1.54) is 11.1 Å². The van der Waals surface area contributed by atoms with Crippen molar-refractivity contribution in [1.29, 1.82) is 0 Å². The lowest BCUT2D eigenvalue weighted by atomic mass is 10.0. The zero-order valence-electron chi connectivity index (χ0n) is 19.1. The number of methoxy groups -OCH3 is 1. The van der Waals surface area contributed by atoms with Crippen LogP contribution >= 0.6 is 0 Å². The number of hydrogen-bond donors (Lipinski definition) is 1. The molecule has 0 aliphatic carbocycles. The van der Waals surface area contributed by atoms with Gasteiger partial charge in [-0.15, -0.1) is 10.2 Å². The lowest BCUT2D eigenvalue weighted by Gasteiger charge is -2.35. The molecule has 1 aromatic heterocycles. The minimum Gasteiger partial charge on any atom is -0.495 e. The summed E-state index contributed by atoms with van der Waals surface area (Å²) in [5.74, 6) is 1.49. The van der Waals surface area contributed by atoms with E-state index in [0.29, 0.717) is 37.6 Å². The van der Waals surface area contributed by atoms with Gasteiger partial charge in [-0.05, 0) is 67.8 Å². The van der Waals surface area contributed by atoms with Gasteiger partial charge >= 0.3 is 6.03 Å². The summed E-state index contributed by atoms with van der Waals surface area (Å²) < 4.78 is 5.36. The van der Waals surface area contributed by atoms with Crippen molar-refractivity contribution in [2.45, 2.75) is 20.8 Å². The Balaban J connectivity index is 1.37. The summed E-state index contributed by atoms with van der Waals surface area (Å²) in [6.07, 6.45) is 0. The van der Waals surface area contributed by atoms with Crippen molar-refractivity contribution in [3.05, 3.63) is 65.2 Å². The van der Waals surface area contributed by atoms with Crippen molar-refractivity contribution in [3.8, 4) is 17.0 Å². The van der Waals surface area contributed by atoms with E-state index < -0.39 is 0 Å². The first-order valence-corrected chi connectivity index (χ1v) is 10.8. The van der Waals surface area contributed by atoms with Crippen molar-refractivity contribution in [2.75, 3.05) is 43.5 Å². The van der Waals surface area contributed by atoms with Crippen molar-refractivity contribution in [2.24, 2.45) is 0 Å². The first-order valence-electron chi connectivity index (χ1n) is 10.8. The van der Waals surface area contributed by atoms with Gasteiger partial charge < -0.3 is 19.9 Å². The zero-order valence-corrected chi connectivity index (χ0v) is 19.1. The van der Waals surface area contributed by atoms with E-state index in [0.717, 1.165) is 22.6 Å². The number of anilines is 2. The van der Waals surface area contributed by atoms with Crippen molar-refractivity contribution in [3.63, 3.8) is 0 Å². The van der Waals surface area contributed by atoms with E-state index in [2.05, 4.69) is 52.5 Å². The summed E-state index contributed by atoms with van der Waals surface area (Å²) in [5.41, 5.74) is 6.19. The van der Waals surface area contributed by atoms with Crippen LogP contribution in [0.2, 0.25) is 0 Å². The molecule has 0 bridgehead atoms. The number of nitrogens with one attached hydrogen (secondary N) is 1. The van der Waals surface area contributed by atoms with Gasteiger partial charge in [0.15, 0.2) is 5.82 Å². The Bertz CT molecular complexity index is 1110. The van der Waals surface area contributed by atoms with Gasteiger partial charge in [-0.25, -0.2) is 4.79 Å². The largest absolute Gasteiger partial charge is 0.495 e. The molecular formula is C25H29N5O2. The van der Waals surface area contributed by atoms with Gasteiger partial charge in [-0.2, -0.15) is 0 Å². The Morgan fingerprint density at radius 2 is 1.69 bits per heavy atom. The quantitative estimate of drug-likeness (QED) is 0.662. The highest BCUT2D eigenvalue weighted by atomic mass is 16.5. The molecule has 4 rings (SSSR count). The average Bonchev–Trinajstić information content (AvgIpc) is 2.81. The fraction of sp³-hybridized carbons (Fsp3) is 0.320. The van der Waals surface area contributed by atoms with Crippen LogP contribution in [0.15, 0.2) is 48.5 Å². The molecule has 0 radical (unpaired) electrons. The normalized spacial score (nSPS) is 13.8. The van der Waals surface area contributed by atoms with Crippen LogP contribution in [0.3, 0.4) is 0 Å². The number of amides is 2. The second-order valence-corrected chi connectivity index (χ2v) is 8.18. The molecule has 7 nitrogen and oxygen atoms in total. The molecule has 2 amide bonds. The molecule has 1 aliphatic heterocycles. The number of carbonyl (C=O) groups is 1. The average molecular weight is 432 g/mol. The molecule has 0 atom stereocenters. The highest BCUT2D eigenvalue weighted by Crippen LogP contribution is 2.26. The molecule has 0 unspecified atom stereocenters. The standard InChI is InChI=1S/C25H29N5O2/c1-17-5-9-23(32-4)22(15-17)26-25(31)30-13-11-29(12-14-30)24-10-8-21(27-28-24)20-7-6-18(2)19(3)16-20/h5-10,15-16H,11-14H2,1-4H3,(H,26,31). The van der Waals surface area contributed by atoms with E-state index in [1.54, 1.807) is 7.11 Å². The lowest BCUT2D eigenvalue weighted by Crippen LogP contribution is -2.50.